The van der Waals surface area contributed by atoms with Crippen molar-refractivity contribution in [1.82, 2.24) is 9.21 Å². The smallest absolute Gasteiger partial charge is 0.222 e. The summed E-state index contributed by atoms with van der Waals surface area (Å²) in [4.78, 5) is 14.0. The molecular weight excluding hydrogens is 324 g/mol. The second-order valence-electron chi connectivity index (χ2n) is 6.97. The zero-order chi connectivity index (χ0) is 17.7. The second kappa shape index (κ2) is 8.12. The molecule has 5 nitrogen and oxygen atoms in total. The summed E-state index contributed by atoms with van der Waals surface area (Å²) in [6, 6.07) is 7.59. The first kappa shape index (κ1) is 18.9. The van der Waals surface area contributed by atoms with Gasteiger partial charge in [-0.05, 0) is 24.8 Å². The van der Waals surface area contributed by atoms with E-state index in [-0.39, 0.29) is 11.7 Å². The predicted octanol–water partition coefficient (Wildman–Crippen LogP) is 2.41. The van der Waals surface area contributed by atoms with Crippen LogP contribution < -0.4 is 0 Å². The van der Waals surface area contributed by atoms with Gasteiger partial charge in [0, 0.05) is 32.6 Å². The van der Waals surface area contributed by atoms with Crippen molar-refractivity contribution in [3.8, 4) is 0 Å². The van der Waals surface area contributed by atoms with Crippen LogP contribution in [0.2, 0.25) is 0 Å². The van der Waals surface area contributed by atoms with Crippen LogP contribution in [0.4, 0.5) is 0 Å². The topological polar surface area (TPSA) is 57.7 Å². The minimum atomic E-state index is -3.35. The van der Waals surface area contributed by atoms with Crippen molar-refractivity contribution in [2.24, 2.45) is 5.92 Å². The van der Waals surface area contributed by atoms with E-state index < -0.39 is 10.0 Å². The van der Waals surface area contributed by atoms with Gasteiger partial charge in [-0.3, -0.25) is 4.79 Å². The second-order valence-corrected chi connectivity index (χ2v) is 8.94. The third-order valence-corrected chi connectivity index (χ3v) is 6.10. The molecule has 0 aliphatic carbocycles. The largest absolute Gasteiger partial charge is 0.341 e. The fraction of sp³-hybridized carbons (Fsp3) is 0.611. The van der Waals surface area contributed by atoms with Gasteiger partial charge in [0.05, 0.1) is 5.75 Å². The molecule has 1 aromatic rings. The Morgan fingerprint density at radius 2 is 1.75 bits per heavy atom. The SMILES string of the molecule is Cc1ccc(CS(=O)(=O)N2CCCN(C(=O)CC(C)C)CC2)cc1. The number of hydrogen-bond donors (Lipinski definition) is 0. The van der Waals surface area contributed by atoms with Crippen LogP contribution in [0.15, 0.2) is 24.3 Å². The molecule has 0 radical (unpaired) electrons. The van der Waals surface area contributed by atoms with E-state index in [1.54, 1.807) is 4.90 Å². The number of rotatable bonds is 5. The van der Waals surface area contributed by atoms with Crippen LogP contribution in [0.5, 0.6) is 0 Å². The first-order valence-corrected chi connectivity index (χ1v) is 10.2. The first-order chi connectivity index (χ1) is 11.3. The minimum absolute atomic E-state index is 0.0211. The van der Waals surface area contributed by atoms with Gasteiger partial charge in [-0.2, -0.15) is 4.31 Å². The van der Waals surface area contributed by atoms with E-state index in [4.69, 9.17) is 0 Å². The number of aryl methyl sites for hydroxylation is 1. The van der Waals surface area contributed by atoms with E-state index in [1.165, 1.54) is 4.31 Å². The number of sulfonamides is 1. The lowest BCUT2D eigenvalue weighted by atomic mass is 10.1. The van der Waals surface area contributed by atoms with Crippen LogP contribution in [0.1, 0.15) is 37.8 Å². The van der Waals surface area contributed by atoms with Crippen molar-refractivity contribution in [2.45, 2.75) is 39.4 Å². The Morgan fingerprint density at radius 1 is 1.08 bits per heavy atom. The molecule has 2 rings (SSSR count). The summed E-state index contributed by atoms with van der Waals surface area (Å²) in [7, 11) is -3.35. The lowest BCUT2D eigenvalue weighted by Crippen LogP contribution is -2.38. The number of amides is 1. The third-order valence-electron chi connectivity index (χ3n) is 4.25. The van der Waals surface area contributed by atoms with E-state index in [0.29, 0.717) is 44.9 Å². The van der Waals surface area contributed by atoms with Gasteiger partial charge in [0.1, 0.15) is 0 Å². The van der Waals surface area contributed by atoms with Gasteiger partial charge >= 0.3 is 0 Å². The van der Waals surface area contributed by atoms with Gasteiger partial charge in [-0.25, -0.2) is 8.42 Å². The van der Waals surface area contributed by atoms with Crippen LogP contribution in [-0.4, -0.2) is 49.7 Å². The number of carbonyl (C=O) groups is 1. The highest BCUT2D eigenvalue weighted by Crippen LogP contribution is 2.15. The van der Waals surface area contributed by atoms with Crippen LogP contribution in [0.3, 0.4) is 0 Å². The highest BCUT2D eigenvalue weighted by atomic mass is 32.2. The molecule has 1 aliphatic heterocycles. The lowest BCUT2D eigenvalue weighted by molar-refractivity contribution is -0.131. The first-order valence-electron chi connectivity index (χ1n) is 8.59. The Hall–Kier alpha value is -1.40. The predicted molar refractivity (Wildman–Crippen MR) is 96.0 cm³/mol. The number of hydrogen-bond acceptors (Lipinski definition) is 3. The molecule has 0 atom stereocenters. The third kappa shape index (κ3) is 5.31. The Bertz CT molecular complexity index is 653. The fourth-order valence-electron chi connectivity index (χ4n) is 2.89. The molecule has 0 aromatic heterocycles. The molecule has 0 N–H and O–H groups in total. The summed E-state index contributed by atoms with van der Waals surface area (Å²) in [6.45, 7) is 8.02. The summed E-state index contributed by atoms with van der Waals surface area (Å²) in [5.41, 5.74) is 1.92. The van der Waals surface area contributed by atoms with Gasteiger partial charge in [-0.1, -0.05) is 43.7 Å². The average Bonchev–Trinajstić information content (AvgIpc) is 2.75. The highest BCUT2D eigenvalue weighted by molar-refractivity contribution is 7.88. The maximum atomic E-state index is 12.7. The Kier molecular flexibility index (Phi) is 6.40. The molecule has 6 heteroatoms. The molecule has 1 fully saturated rings. The number of benzene rings is 1. The van der Waals surface area contributed by atoms with Crippen molar-refractivity contribution in [1.29, 1.82) is 0 Å². The molecule has 1 saturated heterocycles. The maximum absolute atomic E-state index is 12.7. The molecule has 0 unspecified atom stereocenters. The highest BCUT2D eigenvalue weighted by Gasteiger charge is 2.27. The van der Waals surface area contributed by atoms with Crippen molar-refractivity contribution < 1.29 is 13.2 Å². The van der Waals surface area contributed by atoms with Crippen molar-refractivity contribution in [3.63, 3.8) is 0 Å². The maximum Gasteiger partial charge on any atom is 0.222 e. The van der Waals surface area contributed by atoms with Crippen LogP contribution in [-0.2, 0) is 20.6 Å². The standard InChI is InChI=1S/C18H28N2O3S/c1-15(2)13-18(21)19-9-4-10-20(12-11-19)24(22,23)14-17-7-5-16(3)6-8-17/h5-8,15H,4,9-14H2,1-3H3. The van der Waals surface area contributed by atoms with Gasteiger partial charge in [-0.15, -0.1) is 0 Å². The number of carbonyl (C=O) groups excluding carboxylic acids is 1. The van der Waals surface area contributed by atoms with Gasteiger partial charge in [0.25, 0.3) is 0 Å². The van der Waals surface area contributed by atoms with Gasteiger partial charge in [0.15, 0.2) is 0 Å². The molecule has 0 saturated carbocycles. The number of nitrogens with zero attached hydrogens (tertiary/aromatic N) is 2. The molecule has 0 spiro atoms. The van der Waals surface area contributed by atoms with Crippen molar-refractivity contribution in [3.05, 3.63) is 35.4 Å². The summed E-state index contributed by atoms with van der Waals surface area (Å²) in [5, 5.41) is 0. The zero-order valence-corrected chi connectivity index (χ0v) is 15.7. The van der Waals surface area contributed by atoms with E-state index in [9.17, 15) is 13.2 Å². The molecular formula is C18H28N2O3S. The average molecular weight is 353 g/mol. The summed E-state index contributed by atoms with van der Waals surface area (Å²) in [5.74, 6) is 0.470. The van der Waals surface area contributed by atoms with Crippen molar-refractivity contribution >= 4 is 15.9 Å². The van der Waals surface area contributed by atoms with E-state index in [0.717, 1.165) is 11.1 Å². The van der Waals surface area contributed by atoms with Crippen LogP contribution >= 0.6 is 0 Å². The molecule has 24 heavy (non-hydrogen) atoms. The van der Waals surface area contributed by atoms with Gasteiger partial charge in [0.2, 0.25) is 15.9 Å². The molecule has 1 heterocycles. The van der Waals surface area contributed by atoms with E-state index in [1.807, 2.05) is 45.0 Å². The molecule has 0 bridgehead atoms. The zero-order valence-electron chi connectivity index (χ0n) is 14.9. The molecule has 1 amide bonds. The molecule has 134 valence electrons. The Balaban J connectivity index is 1.99. The van der Waals surface area contributed by atoms with Crippen LogP contribution in [0.25, 0.3) is 0 Å². The summed E-state index contributed by atoms with van der Waals surface area (Å²) >= 11 is 0. The van der Waals surface area contributed by atoms with Gasteiger partial charge < -0.3 is 4.90 Å². The molecule has 1 aliphatic rings. The fourth-order valence-corrected chi connectivity index (χ4v) is 4.45. The minimum Gasteiger partial charge on any atom is -0.341 e. The Labute approximate surface area is 145 Å². The normalized spacial score (nSPS) is 17.1. The van der Waals surface area contributed by atoms with E-state index in [2.05, 4.69) is 0 Å². The Morgan fingerprint density at radius 3 is 2.38 bits per heavy atom. The van der Waals surface area contributed by atoms with Crippen LogP contribution in [0, 0.1) is 12.8 Å². The quantitative estimate of drug-likeness (QED) is 0.818. The van der Waals surface area contributed by atoms with E-state index >= 15 is 0 Å². The summed E-state index contributed by atoms with van der Waals surface area (Å²) < 4.78 is 26.9. The monoisotopic (exact) mass is 352 g/mol. The lowest BCUT2D eigenvalue weighted by Gasteiger charge is -2.22. The molecule has 1 aromatic carbocycles. The van der Waals surface area contributed by atoms with Crippen molar-refractivity contribution in [2.75, 3.05) is 26.2 Å². The summed E-state index contributed by atoms with van der Waals surface area (Å²) in [6.07, 6.45) is 1.22.